The summed E-state index contributed by atoms with van der Waals surface area (Å²) in [6, 6.07) is 14.3. The van der Waals surface area contributed by atoms with Gasteiger partial charge in [-0.2, -0.15) is 5.10 Å². The average Bonchev–Trinajstić information content (AvgIpc) is 3.14. The fourth-order valence-corrected chi connectivity index (χ4v) is 3.63. The van der Waals surface area contributed by atoms with Crippen LogP contribution in [0.15, 0.2) is 52.2 Å². The Labute approximate surface area is 153 Å². The monoisotopic (exact) mass is 395 g/mol. The highest BCUT2D eigenvalue weighted by molar-refractivity contribution is 9.10. The fraction of sp³-hybridized carbons (Fsp3) is 0.158. The Morgan fingerprint density at radius 3 is 2.64 bits per heavy atom. The van der Waals surface area contributed by atoms with Crippen molar-refractivity contribution in [1.29, 1.82) is 0 Å². The molecule has 124 valence electrons. The Morgan fingerprint density at radius 1 is 1.08 bits per heavy atom. The highest BCUT2D eigenvalue weighted by atomic mass is 79.9. The van der Waals surface area contributed by atoms with Crippen molar-refractivity contribution in [2.45, 2.75) is 13.3 Å². The second-order valence-corrected chi connectivity index (χ2v) is 6.82. The molecule has 0 fully saturated rings. The van der Waals surface area contributed by atoms with Gasteiger partial charge >= 0.3 is 0 Å². The van der Waals surface area contributed by atoms with E-state index in [0.717, 1.165) is 50.0 Å². The van der Waals surface area contributed by atoms with Gasteiger partial charge in [0.05, 0.1) is 11.4 Å². The number of nitrogens with zero attached hydrogens (tertiary/aromatic N) is 3. The van der Waals surface area contributed by atoms with Crippen LogP contribution in [0.4, 0.5) is 0 Å². The molecule has 0 atom stereocenters. The van der Waals surface area contributed by atoms with Gasteiger partial charge in [0.2, 0.25) is 6.79 Å². The molecule has 2 aromatic carbocycles. The summed E-state index contributed by atoms with van der Waals surface area (Å²) in [5.41, 5.74) is 5.12. The van der Waals surface area contributed by atoms with Gasteiger partial charge in [-0.05, 0) is 40.5 Å². The number of hydrogen-bond acceptors (Lipinski definition) is 4. The number of aromatic nitrogens is 2. The van der Waals surface area contributed by atoms with Crippen LogP contribution in [0, 0.1) is 6.92 Å². The summed E-state index contributed by atoms with van der Waals surface area (Å²) < 4.78 is 13.9. The van der Waals surface area contributed by atoms with E-state index in [1.807, 2.05) is 41.9 Å². The van der Waals surface area contributed by atoms with Crippen LogP contribution in [-0.4, -0.2) is 22.2 Å². The maximum atomic E-state index is 5.58. The molecule has 2 aliphatic heterocycles. The van der Waals surface area contributed by atoms with Crippen LogP contribution in [0.25, 0.3) is 0 Å². The Hall–Kier alpha value is -2.60. The summed E-state index contributed by atoms with van der Waals surface area (Å²) in [4.78, 5) is 4.63. The zero-order valence-electron chi connectivity index (χ0n) is 13.5. The summed E-state index contributed by atoms with van der Waals surface area (Å²) in [6.07, 6.45) is 0.679. The van der Waals surface area contributed by atoms with Gasteiger partial charge in [0.1, 0.15) is 10.4 Å². The molecule has 0 amide bonds. The van der Waals surface area contributed by atoms with Gasteiger partial charge in [0.25, 0.3) is 0 Å². The van der Waals surface area contributed by atoms with Crippen molar-refractivity contribution in [2.75, 3.05) is 6.79 Å². The third kappa shape index (κ3) is 2.28. The highest BCUT2D eigenvalue weighted by Crippen LogP contribution is 2.37. The lowest BCUT2D eigenvalue weighted by molar-refractivity contribution is 0.174. The lowest BCUT2D eigenvalue weighted by Gasteiger charge is -2.11. The Balaban J connectivity index is 1.81. The minimum absolute atomic E-state index is 0.259. The first-order chi connectivity index (χ1) is 12.2. The molecule has 3 heterocycles. The second kappa shape index (κ2) is 5.46. The van der Waals surface area contributed by atoms with Gasteiger partial charge in [-0.15, -0.1) is 0 Å². The summed E-state index contributed by atoms with van der Waals surface area (Å²) in [5, 5.41) is 4.94. The van der Waals surface area contributed by atoms with Crippen molar-refractivity contribution in [3.05, 3.63) is 75.3 Å². The van der Waals surface area contributed by atoms with Crippen LogP contribution in [-0.2, 0) is 6.42 Å². The van der Waals surface area contributed by atoms with Crippen molar-refractivity contribution in [3.63, 3.8) is 0 Å². The van der Waals surface area contributed by atoms with E-state index in [1.54, 1.807) is 0 Å². The average molecular weight is 396 g/mol. The molecule has 0 aliphatic carbocycles. The zero-order valence-corrected chi connectivity index (χ0v) is 15.1. The Kier molecular flexibility index (Phi) is 3.21. The van der Waals surface area contributed by atoms with Gasteiger partial charge in [0, 0.05) is 17.5 Å². The summed E-state index contributed by atoms with van der Waals surface area (Å²) in [7, 11) is 0. The molecule has 5 nitrogen and oxygen atoms in total. The maximum absolute atomic E-state index is 5.58. The topological polar surface area (TPSA) is 48.6 Å². The summed E-state index contributed by atoms with van der Waals surface area (Å²) >= 11 is 3.52. The van der Waals surface area contributed by atoms with E-state index in [2.05, 4.69) is 33.0 Å². The molecular formula is C19H14BrN3O2. The van der Waals surface area contributed by atoms with E-state index >= 15 is 0 Å². The van der Waals surface area contributed by atoms with Crippen LogP contribution in [0.3, 0.4) is 0 Å². The van der Waals surface area contributed by atoms with Gasteiger partial charge < -0.3 is 9.47 Å². The number of halogens is 1. The quantitative estimate of drug-likeness (QED) is 0.491. The molecule has 25 heavy (non-hydrogen) atoms. The van der Waals surface area contributed by atoms with E-state index in [1.165, 1.54) is 0 Å². The molecule has 3 aromatic rings. The molecule has 2 aliphatic rings. The number of hydrogen-bond donors (Lipinski definition) is 0. The van der Waals surface area contributed by atoms with E-state index in [9.17, 15) is 0 Å². The number of benzene rings is 2. The van der Waals surface area contributed by atoms with E-state index in [4.69, 9.17) is 14.6 Å². The first kappa shape index (κ1) is 14.7. The minimum Gasteiger partial charge on any atom is -0.454 e. The fourth-order valence-electron chi connectivity index (χ4n) is 3.25. The molecule has 5 rings (SSSR count). The van der Waals surface area contributed by atoms with Crippen LogP contribution in [0.5, 0.6) is 11.5 Å². The second-order valence-electron chi connectivity index (χ2n) is 6.07. The SMILES string of the molecule is Cc1c(Br)nc2n1N=C(c1ccccc1)c1cc3c(cc1C2)OCO3. The molecular weight excluding hydrogens is 382 g/mol. The standard InChI is InChI=1S/C19H14BrN3O2/c1-11-19(20)21-17-8-13-7-15-16(25-10-24-15)9-14(13)18(22-23(11)17)12-5-3-2-4-6-12/h2-7,9H,8,10H2,1H3. The van der Waals surface area contributed by atoms with Gasteiger partial charge in [-0.3, -0.25) is 0 Å². The minimum atomic E-state index is 0.259. The number of rotatable bonds is 1. The van der Waals surface area contributed by atoms with E-state index < -0.39 is 0 Å². The van der Waals surface area contributed by atoms with Gasteiger partial charge in [-0.25, -0.2) is 9.66 Å². The lowest BCUT2D eigenvalue weighted by Crippen LogP contribution is -2.07. The van der Waals surface area contributed by atoms with E-state index in [0.29, 0.717) is 6.42 Å². The molecule has 0 bridgehead atoms. The van der Waals surface area contributed by atoms with Crippen molar-refractivity contribution in [2.24, 2.45) is 5.10 Å². The largest absolute Gasteiger partial charge is 0.454 e. The van der Waals surface area contributed by atoms with Crippen LogP contribution >= 0.6 is 15.9 Å². The third-order valence-corrected chi connectivity index (χ3v) is 5.29. The Morgan fingerprint density at radius 2 is 1.84 bits per heavy atom. The predicted molar refractivity (Wildman–Crippen MR) is 97.5 cm³/mol. The predicted octanol–water partition coefficient (Wildman–Crippen LogP) is 3.89. The molecule has 0 saturated heterocycles. The highest BCUT2D eigenvalue weighted by Gasteiger charge is 2.25. The summed E-state index contributed by atoms with van der Waals surface area (Å²) in [5.74, 6) is 2.44. The van der Waals surface area contributed by atoms with Crippen LogP contribution < -0.4 is 9.47 Å². The molecule has 1 aromatic heterocycles. The van der Waals surface area contributed by atoms with Crippen molar-refractivity contribution in [3.8, 4) is 11.5 Å². The first-order valence-electron chi connectivity index (χ1n) is 8.02. The molecule has 6 heteroatoms. The smallest absolute Gasteiger partial charge is 0.231 e. The molecule has 0 radical (unpaired) electrons. The maximum Gasteiger partial charge on any atom is 0.231 e. The lowest BCUT2D eigenvalue weighted by atomic mass is 9.95. The van der Waals surface area contributed by atoms with Crippen LogP contribution in [0.2, 0.25) is 0 Å². The molecule has 0 spiro atoms. The molecule has 0 unspecified atom stereocenters. The molecule has 0 saturated carbocycles. The van der Waals surface area contributed by atoms with Crippen molar-refractivity contribution >= 4 is 21.6 Å². The van der Waals surface area contributed by atoms with Gasteiger partial charge in [0.15, 0.2) is 11.5 Å². The number of ether oxygens (including phenoxy) is 2. The summed E-state index contributed by atoms with van der Waals surface area (Å²) in [6.45, 7) is 2.27. The third-order valence-electron chi connectivity index (χ3n) is 4.54. The first-order valence-corrected chi connectivity index (χ1v) is 8.81. The number of fused-ring (bicyclic) bond motifs is 3. The Bertz CT molecular complexity index is 1020. The molecule has 0 N–H and O–H groups in total. The normalized spacial score (nSPS) is 14.6. The van der Waals surface area contributed by atoms with Crippen molar-refractivity contribution in [1.82, 2.24) is 9.66 Å². The zero-order chi connectivity index (χ0) is 17.0. The number of imidazole rings is 1. The van der Waals surface area contributed by atoms with Crippen molar-refractivity contribution < 1.29 is 9.47 Å². The van der Waals surface area contributed by atoms with Crippen LogP contribution in [0.1, 0.15) is 28.2 Å². The van der Waals surface area contributed by atoms with E-state index in [-0.39, 0.29) is 6.79 Å². The van der Waals surface area contributed by atoms with Gasteiger partial charge in [-0.1, -0.05) is 30.3 Å².